The lowest BCUT2D eigenvalue weighted by Crippen LogP contribution is -2.43. The van der Waals surface area contributed by atoms with Crippen LogP contribution in [0, 0.1) is 0 Å². The van der Waals surface area contributed by atoms with Crippen LogP contribution in [0.25, 0.3) is 0 Å². The number of amides is 1. The van der Waals surface area contributed by atoms with E-state index in [1.165, 1.54) is 5.17 Å². The lowest BCUT2D eigenvalue weighted by molar-refractivity contribution is -0.191. The Balaban J connectivity index is 2.24. The lowest BCUT2D eigenvalue weighted by atomic mass is 10.4. The molecule has 0 aliphatic carbocycles. The fraction of sp³-hybridized carbons (Fsp3) is 0.778. The van der Waals surface area contributed by atoms with Crippen LogP contribution >= 0.6 is 0 Å². The average molecular weight is 232 g/mol. The van der Waals surface area contributed by atoms with E-state index in [-0.39, 0.29) is 13.0 Å². The van der Waals surface area contributed by atoms with Gasteiger partial charge >= 0.3 is 5.97 Å². The van der Waals surface area contributed by atoms with Crippen LogP contribution in [0.1, 0.15) is 13.3 Å². The number of carbonyl (C=O) groups excluding carboxylic acids is 2. The smallest absolute Gasteiger partial charge is 0.315 e. The van der Waals surface area contributed by atoms with E-state index in [2.05, 4.69) is 10.2 Å². The van der Waals surface area contributed by atoms with Crippen LogP contribution in [-0.2, 0) is 23.9 Å². The maximum atomic E-state index is 11.3. The van der Waals surface area contributed by atoms with Crippen LogP contribution in [0.4, 0.5) is 0 Å². The largest absolute Gasteiger partial charge is 0.466 e. The number of hydrogen-bond donors (Lipinski definition) is 1. The van der Waals surface area contributed by atoms with Gasteiger partial charge in [-0.25, -0.2) is 0 Å². The molecule has 0 radical (unpaired) electrons. The van der Waals surface area contributed by atoms with Crippen molar-refractivity contribution in [2.24, 2.45) is 0 Å². The molecular formula is C9H16N2O5. The summed E-state index contributed by atoms with van der Waals surface area (Å²) >= 11 is 0. The number of nitrogens with zero attached hydrogens (tertiary/aromatic N) is 1. The highest BCUT2D eigenvalue weighted by Crippen LogP contribution is 1.94. The predicted octanol–water partition coefficient (Wildman–Crippen LogP) is -0.765. The van der Waals surface area contributed by atoms with Crippen LogP contribution in [-0.4, -0.2) is 50.0 Å². The Morgan fingerprint density at radius 1 is 1.38 bits per heavy atom. The van der Waals surface area contributed by atoms with Gasteiger partial charge in [0.2, 0.25) is 5.91 Å². The topological polar surface area (TPSA) is 77.1 Å². The SMILES string of the molecule is CCOC(=O)CC(=O)NN1CCOCCO1. The minimum Gasteiger partial charge on any atom is -0.466 e. The second-order valence-corrected chi connectivity index (χ2v) is 3.06. The number of hydrazine groups is 1. The predicted molar refractivity (Wildman–Crippen MR) is 52.9 cm³/mol. The zero-order valence-corrected chi connectivity index (χ0v) is 9.23. The third-order valence-corrected chi connectivity index (χ3v) is 1.77. The number of ether oxygens (including phenoxy) is 2. The van der Waals surface area contributed by atoms with Gasteiger partial charge in [-0.1, -0.05) is 5.17 Å². The van der Waals surface area contributed by atoms with Gasteiger partial charge in [-0.15, -0.1) is 0 Å². The summed E-state index contributed by atoms with van der Waals surface area (Å²) in [5.74, 6) is -1.01. The molecule has 0 saturated carbocycles. The Hall–Kier alpha value is -1.18. The number of rotatable bonds is 4. The molecule has 0 aromatic carbocycles. The van der Waals surface area contributed by atoms with Crippen molar-refractivity contribution in [1.82, 2.24) is 10.6 Å². The first-order chi connectivity index (χ1) is 7.72. The van der Waals surface area contributed by atoms with E-state index < -0.39 is 11.9 Å². The molecular weight excluding hydrogens is 216 g/mol. The molecule has 7 nitrogen and oxygen atoms in total. The van der Waals surface area contributed by atoms with Crippen LogP contribution < -0.4 is 5.43 Å². The molecule has 0 aromatic heterocycles. The molecule has 0 aromatic rings. The molecule has 0 spiro atoms. The quantitative estimate of drug-likeness (QED) is 0.507. The van der Waals surface area contributed by atoms with E-state index in [4.69, 9.17) is 9.57 Å². The van der Waals surface area contributed by atoms with E-state index in [9.17, 15) is 9.59 Å². The highest BCUT2D eigenvalue weighted by atomic mass is 16.7. The molecule has 7 heteroatoms. The van der Waals surface area contributed by atoms with E-state index in [1.54, 1.807) is 6.92 Å². The average Bonchev–Trinajstić information content (AvgIpc) is 2.46. The maximum Gasteiger partial charge on any atom is 0.315 e. The van der Waals surface area contributed by atoms with Crippen molar-refractivity contribution < 1.29 is 23.9 Å². The monoisotopic (exact) mass is 232 g/mol. The Morgan fingerprint density at radius 2 is 2.19 bits per heavy atom. The van der Waals surface area contributed by atoms with Crippen LogP contribution in [0.2, 0.25) is 0 Å². The van der Waals surface area contributed by atoms with Crippen molar-refractivity contribution in [3.8, 4) is 0 Å². The highest BCUT2D eigenvalue weighted by molar-refractivity contribution is 5.93. The van der Waals surface area contributed by atoms with Gasteiger partial charge in [-0.2, -0.15) is 0 Å². The summed E-state index contributed by atoms with van der Waals surface area (Å²) in [6.07, 6.45) is -0.311. The zero-order chi connectivity index (χ0) is 11.8. The van der Waals surface area contributed by atoms with Crippen LogP contribution in [0.15, 0.2) is 0 Å². The third kappa shape index (κ3) is 5.06. The van der Waals surface area contributed by atoms with Crippen LogP contribution in [0.3, 0.4) is 0 Å². The summed E-state index contributed by atoms with van der Waals surface area (Å²) in [7, 11) is 0. The summed E-state index contributed by atoms with van der Waals surface area (Å²) in [6, 6.07) is 0. The Kier molecular flexibility index (Phi) is 5.76. The van der Waals surface area contributed by atoms with Crippen molar-refractivity contribution in [2.75, 3.05) is 33.0 Å². The first-order valence-corrected chi connectivity index (χ1v) is 5.15. The second kappa shape index (κ2) is 7.15. The van der Waals surface area contributed by atoms with E-state index in [1.807, 2.05) is 0 Å². The molecule has 1 rings (SSSR count). The minimum absolute atomic E-state index is 0.264. The molecule has 0 bridgehead atoms. The summed E-state index contributed by atoms with van der Waals surface area (Å²) in [4.78, 5) is 27.5. The number of nitrogens with one attached hydrogen (secondary N) is 1. The van der Waals surface area contributed by atoms with Crippen molar-refractivity contribution in [3.63, 3.8) is 0 Å². The summed E-state index contributed by atoms with van der Waals surface area (Å²) in [5, 5.41) is 1.27. The molecule has 1 aliphatic heterocycles. The lowest BCUT2D eigenvalue weighted by Gasteiger charge is -2.18. The van der Waals surface area contributed by atoms with Crippen molar-refractivity contribution in [3.05, 3.63) is 0 Å². The van der Waals surface area contributed by atoms with Gasteiger partial charge in [-0.3, -0.25) is 19.9 Å². The Morgan fingerprint density at radius 3 is 2.94 bits per heavy atom. The van der Waals surface area contributed by atoms with Gasteiger partial charge in [0, 0.05) is 0 Å². The van der Waals surface area contributed by atoms with Crippen molar-refractivity contribution in [2.45, 2.75) is 13.3 Å². The minimum atomic E-state index is -0.550. The zero-order valence-electron chi connectivity index (χ0n) is 9.23. The number of carbonyl (C=O) groups is 2. The summed E-state index contributed by atoms with van der Waals surface area (Å²) < 4.78 is 9.76. The van der Waals surface area contributed by atoms with Gasteiger partial charge in [0.05, 0.1) is 33.0 Å². The molecule has 1 saturated heterocycles. The van der Waals surface area contributed by atoms with Crippen molar-refractivity contribution >= 4 is 11.9 Å². The van der Waals surface area contributed by atoms with Crippen LogP contribution in [0.5, 0.6) is 0 Å². The normalized spacial score (nSPS) is 17.6. The molecule has 1 aliphatic rings. The molecule has 1 N–H and O–H groups in total. The fourth-order valence-electron chi connectivity index (χ4n) is 1.13. The van der Waals surface area contributed by atoms with Gasteiger partial charge in [0.25, 0.3) is 0 Å². The third-order valence-electron chi connectivity index (χ3n) is 1.77. The standard InChI is InChI=1S/C9H16N2O5/c1-2-15-9(13)7-8(12)10-11-3-4-14-5-6-16-11/h2-7H2,1H3,(H,10,12). The number of esters is 1. The fourth-order valence-corrected chi connectivity index (χ4v) is 1.13. The molecule has 1 fully saturated rings. The molecule has 1 amide bonds. The van der Waals surface area contributed by atoms with E-state index >= 15 is 0 Å². The first kappa shape index (κ1) is 12.9. The Bertz CT molecular complexity index is 238. The Labute approximate surface area is 93.6 Å². The molecule has 0 unspecified atom stereocenters. The summed E-state index contributed by atoms with van der Waals surface area (Å²) in [5.41, 5.74) is 2.44. The molecule has 0 atom stereocenters. The second-order valence-electron chi connectivity index (χ2n) is 3.06. The van der Waals surface area contributed by atoms with Crippen molar-refractivity contribution in [1.29, 1.82) is 0 Å². The van der Waals surface area contributed by atoms with Gasteiger partial charge < -0.3 is 9.47 Å². The molecule has 92 valence electrons. The first-order valence-electron chi connectivity index (χ1n) is 5.15. The van der Waals surface area contributed by atoms with Gasteiger partial charge in [-0.05, 0) is 6.92 Å². The number of hydroxylamine groups is 1. The van der Waals surface area contributed by atoms with E-state index in [0.29, 0.717) is 26.4 Å². The molecule has 16 heavy (non-hydrogen) atoms. The number of hydrogen-bond acceptors (Lipinski definition) is 6. The highest BCUT2D eigenvalue weighted by Gasteiger charge is 2.15. The summed E-state index contributed by atoms with van der Waals surface area (Å²) in [6.45, 7) is 3.71. The van der Waals surface area contributed by atoms with Gasteiger partial charge in [0.1, 0.15) is 6.42 Å². The maximum absolute atomic E-state index is 11.3. The van der Waals surface area contributed by atoms with Gasteiger partial charge in [0.15, 0.2) is 0 Å². The van der Waals surface area contributed by atoms with E-state index in [0.717, 1.165) is 0 Å². The molecule has 1 heterocycles.